The van der Waals surface area contributed by atoms with E-state index in [9.17, 15) is 0 Å². The van der Waals surface area contributed by atoms with Gasteiger partial charge in [-0.1, -0.05) is 17.7 Å². The molecule has 0 aliphatic carbocycles. The fraction of sp³-hybridized carbons (Fsp3) is 0. The SMILES string of the molecule is Clc1cccc(-c2nc(Br)co2)c1. The summed E-state index contributed by atoms with van der Waals surface area (Å²) in [6.45, 7) is 0. The van der Waals surface area contributed by atoms with Crippen molar-refractivity contribution in [1.29, 1.82) is 0 Å². The molecule has 2 rings (SSSR count). The number of halogens is 2. The number of benzene rings is 1. The summed E-state index contributed by atoms with van der Waals surface area (Å²) in [5.74, 6) is 0.564. The van der Waals surface area contributed by atoms with Crippen LogP contribution in [0.1, 0.15) is 0 Å². The first-order chi connectivity index (χ1) is 6.25. The van der Waals surface area contributed by atoms with Gasteiger partial charge in [0.2, 0.25) is 5.89 Å². The Morgan fingerprint density at radius 1 is 1.38 bits per heavy atom. The van der Waals surface area contributed by atoms with Gasteiger partial charge >= 0.3 is 0 Å². The third kappa shape index (κ3) is 1.92. The summed E-state index contributed by atoms with van der Waals surface area (Å²) in [6.07, 6.45) is 1.54. The first kappa shape index (κ1) is 8.78. The van der Waals surface area contributed by atoms with Gasteiger partial charge in [0.05, 0.1) is 0 Å². The molecule has 0 radical (unpaired) electrons. The Hall–Kier alpha value is -0.800. The van der Waals surface area contributed by atoms with Crippen molar-refractivity contribution in [1.82, 2.24) is 4.98 Å². The molecule has 0 saturated heterocycles. The Kier molecular flexibility index (Phi) is 2.38. The molecule has 0 amide bonds. The second-order valence-electron chi connectivity index (χ2n) is 2.49. The Balaban J connectivity index is 2.46. The van der Waals surface area contributed by atoms with Gasteiger partial charge in [0, 0.05) is 10.6 Å². The zero-order valence-corrected chi connectivity index (χ0v) is 8.84. The van der Waals surface area contributed by atoms with Gasteiger partial charge < -0.3 is 4.42 Å². The number of hydrogen-bond donors (Lipinski definition) is 0. The molecule has 13 heavy (non-hydrogen) atoms. The lowest BCUT2D eigenvalue weighted by atomic mass is 10.2. The highest BCUT2D eigenvalue weighted by atomic mass is 79.9. The van der Waals surface area contributed by atoms with E-state index in [1.54, 1.807) is 6.07 Å². The quantitative estimate of drug-likeness (QED) is 0.778. The van der Waals surface area contributed by atoms with Crippen LogP contribution in [0.3, 0.4) is 0 Å². The highest BCUT2D eigenvalue weighted by Gasteiger charge is 2.04. The number of hydrogen-bond acceptors (Lipinski definition) is 2. The highest BCUT2D eigenvalue weighted by Crippen LogP contribution is 2.23. The molecule has 2 aromatic rings. The van der Waals surface area contributed by atoms with Crippen molar-refractivity contribution in [2.75, 3.05) is 0 Å². The fourth-order valence-corrected chi connectivity index (χ4v) is 1.45. The van der Waals surface area contributed by atoms with Crippen LogP contribution in [0.2, 0.25) is 5.02 Å². The molecule has 1 heterocycles. The lowest BCUT2D eigenvalue weighted by Crippen LogP contribution is -1.76. The Morgan fingerprint density at radius 2 is 2.23 bits per heavy atom. The molecule has 2 nitrogen and oxygen atoms in total. The molecule has 0 fully saturated rings. The summed E-state index contributed by atoms with van der Waals surface area (Å²) < 4.78 is 5.87. The molecule has 1 aromatic heterocycles. The summed E-state index contributed by atoms with van der Waals surface area (Å²) in [6, 6.07) is 7.36. The monoisotopic (exact) mass is 257 g/mol. The summed E-state index contributed by atoms with van der Waals surface area (Å²) in [5.41, 5.74) is 0.873. The van der Waals surface area contributed by atoms with Gasteiger partial charge in [-0.25, -0.2) is 4.98 Å². The third-order valence-corrected chi connectivity index (χ3v) is 2.15. The summed E-state index contributed by atoms with van der Waals surface area (Å²) >= 11 is 9.03. The molecule has 0 bridgehead atoms. The van der Waals surface area contributed by atoms with E-state index in [4.69, 9.17) is 16.0 Å². The van der Waals surface area contributed by atoms with E-state index in [2.05, 4.69) is 20.9 Å². The molecular formula is C9H5BrClNO. The van der Waals surface area contributed by atoms with Crippen molar-refractivity contribution in [2.45, 2.75) is 0 Å². The average molecular weight is 259 g/mol. The van der Waals surface area contributed by atoms with E-state index in [0.29, 0.717) is 15.5 Å². The van der Waals surface area contributed by atoms with E-state index >= 15 is 0 Å². The van der Waals surface area contributed by atoms with Crippen molar-refractivity contribution >= 4 is 27.5 Å². The van der Waals surface area contributed by atoms with Gasteiger partial charge in [-0.3, -0.25) is 0 Å². The van der Waals surface area contributed by atoms with Gasteiger partial charge in [0.1, 0.15) is 10.9 Å². The topological polar surface area (TPSA) is 26.0 Å². The van der Waals surface area contributed by atoms with Gasteiger partial charge in [-0.2, -0.15) is 0 Å². The number of nitrogens with zero attached hydrogens (tertiary/aromatic N) is 1. The number of oxazole rings is 1. The van der Waals surface area contributed by atoms with Gasteiger partial charge in [-0.05, 0) is 34.1 Å². The standard InChI is InChI=1S/C9H5BrClNO/c10-8-5-13-9(12-8)6-2-1-3-7(11)4-6/h1-5H. The molecule has 0 aliphatic rings. The number of aromatic nitrogens is 1. The van der Waals surface area contributed by atoms with Crippen molar-refractivity contribution in [3.8, 4) is 11.5 Å². The van der Waals surface area contributed by atoms with Crippen LogP contribution in [-0.2, 0) is 0 Å². The Bertz CT molecular complexity index is 427. The summed E-state index contributed by atoms with van der Waals surface area (Å²) in [7, 11) is 0. The van der Waals surface area contributed by atoms with Crippen LogP contribution < -0.4 is 0 Å². The van der Waals surface area contributed by atoms with E-state index in [-0.39, 0.29) is 0 Å². The van der Waals surface area contributed by atoms with Crippen LogP contribution in [0, 0.1) is 0 Å². The zero-order valence-electron chi connectivity index (χ0n) is 6.50. The molecular weight excluding hydrogens is 253 g/mol. The predicted octanol–water partition coefficient (Wildman–Crippen LogP) is 3.76. The summed E-state index contributed by atoms with van der Waals surface area (Å²) in [4.78, 5) is 4.11. The molecule has 0 atom stereocenters. The van der Waals surface area contributed by atoms with Crippen molar-refractivity contribution in [3.05, 3.63) is 40.2 Å². The average Bonchev–Trinajstić information content (AvgIpc) is 2.52. The largest absolute Gasteiger partial charge is 0.443 e. The summed E-state index contributed by atoms with van der Waals surface area (Å²) in [5, 5.41) is 0.673. The predicted molar refractivity (Wildman–Crippen MR) is 54.6 cm³/mol. The van der Waals surface area contributed by atoms with Crippen LogP contribution in [0.4, 0.5) is 0 Å². The first-order valence-corrected chi connectivity index (χ1v) is 4.80. The van der Waals surface area contributed by atoms with Crippen LogP contribution in [-0.4, -0.2) is 4.98 Å². The smallest absolute Gasteiger partial charge is 0.227 e. The molecule has 0 saturated carbocycles. The van der Waals surface area contributed by atoms with Crippen LogP contribution in [0.25, 0.3) is 11.5 Å². The minimum absolute atomic E-state index is 0.564. The maximum absolute atomic E-state index is 5.82. The Labute approximate surface area is 88.7 Å². The maximum atomic E-state index is 5.82. The molecule has 0 N–H and O–H groups in total. The van der Waals surface area contributed by atoms with Crippen molar-refractivity contribution < 1.29 is 4.42 Å². The van der Waals surface area contributed by atoms with Crippen LogP contribution in [0.5, 0.6) is 0 Å². The minimum Gasteiger partial charge on any atom is -0.443 e. The second-order valence-corrected chi connectivity index (χ2v) is 3.73. The number of rotatable bonds is 1. The van der Waals surface area contributed by atoms with Gasteiger partial charge in [-0.15, -0.1) is 0 Å². The highest BCUT2D eigenvalue weighted by molar-refractivity contribution is 9.10. The molecule has 0 spiro atoms. The van der Waals surface area contributed by atoms with Crippen molar-refractivity contribution in [3.63, 3.8) is 0 Å². The zero-order chi connectivity index (χ0) is 9.26. The van der Waals surface area contributed by atoms with E-state index < -0.39 is 0 Å². The Morgan fingerprint density at radius 3 is 2.85 bits per heavy atom. The van der Waals surface area contributed by atoms with E-state index in [1.807, 2.05) is 18.2 Å². The fourth-order valence-electron chi connectivity index (χ4n) is 1.01. The lowest BCUT2D eigenvalue weighted by Gasteiger charge is -1.94. The van der Waals surface area contributed by atoms with E-state index in [1.165, 1.54) is 6.26 Å². The molecule has 0 unspecified atom stereocenters. The minimum atomic E-state index is 0.564. The van der Waals surface area contributed by atoms with Crippen LogP contribution >= 0.6 is 27.5 Å². The van der Waals surface area contributed by atoms with E-state index in [0.717, 1.165) is 5.56 Å². The second kappa shape index (κ2) is 3.52. The van der Waals surface area contributed by atoms with Gasteiger partial charge in [0.15, 0.2) is 0 Å². The first-order valence-electron chi connectivity index (χ1n) is 3.63. The third-order valence-electron chi connectivity index (χ3n) is 1.55. The maximum Gasteiger partial charge on any atom is 0.227 e. The lowest BCUT2D eigenvalue weighted by molar-refractivity contribution is 0.574. The molecule has 66 valence electrons. The molecule has 0 aliphatic heterocycles. The molecule has 4 heteroatoms. The van der Waals surface area contributed by atoms with Crippen LogP contribution in [0.15, 0.2) is 39.5 Å². The normalized spacial score (nSPS) is 10.3. The van der Waals surface area contributed by atoms with Crippen molar-refractivity contribution in [2.24, 2.45) is 0 Å². The molecule has 1 aromatic carbocycles. The van der Waals surface area contributed by atoms with Gasteiger partial charge in [0.25, 0.3) is 0 Å².